The number of phenolic OH excluding ortho intramolecular Hbond substituents is 1. The van der Waals surface area contributed by atoms with Gasteiger partial charge in [-0.3, -0.25) is 0 Å². The van der Waals surface area contributed by atoms with Crippen molar-refractivity contribution in [2.75, 3.05) is 13.1 Å². The summed E-state index contributed by atoms with van der Waals surface area (Å²) in [5.41, 5.74) is 3.58. The van der Waals surface area contributed by atoms with Gasteiger partial charge in [-0.2, -0.15) is 0 Å². The molecule has 136 valence electrons. The van der Waals surface area contributed by atoms with Crippen LogP contribution in [0, 0.1) is 6.92 Å². The van der Waals surface area contributed by atoms with Crippen molar-refractivity contribution in [3.8, 4) is 5.75 Å². The molecule has 0 radical (unpaired) electrons. The van der Waals surface area contributed by atoms with E-state index in [2.05, 4.69) is 60.7 Å². The van der Waals surface area contributed by atoms with Gasteiger partial charge >= 0.3 is 0 Å². The van der Waals surface area contributed by atoms with Gasteiger partial charge in [-0.1, -0.05) is 48.9 Å². The van der Waals surface area contributed by atoms with Crippen LogP contribution in [-0.2, 0) is 6.54 Å². The van der Waals surface area contributed by atoms with Gasteiger partial charge < -0.3 is 15.7 Å². The number of nitrogens with zero attached hydrogens (tertiary/aromatic N) is 1. The maximum Gasteiger partial charge on any atom is 0.191 e. The number of nitrogens with one attached hydrogen (secondary N) is 2. The molecule has 0 aliphatic heterocycles. The number of aliphatic imine (C=N–C) groups is 1. The van der Waals surface area contributed by atoms with E-state index in [0.717, 1.165) is 24.6 Å². The Bertz CT molecular complexity index is 671. The smallest absolute Gasteiger partial charge is 0.191 e. The van der Waals surface area contributed by atoms with E-state index in [1.165, 1.54) is 11.1 Å². The van der Waals surface area contributed by atoms with E-state index >= 15 is 0 Å². The zero-order chi connectivity index (χ0) is 17.4. The van der Waals surface area contributed by atoms with Crippen molar-refractivity contribution in [3.63, 3.8) is 0 Å². The van der Waals surface area contributed by atoms with Crippen LogP contribution in [0.25, 0.3) is 0 Å². The molecule has 0 heterocycles. The fourth-order valence-electron chi connectivity index (χ4n) is 2.43. The summed E-state index contributed by atoms with van der Waals surface area (Å²) in [6.45, 7) is 8.51. The highest BCUT2D eigenvalue weighted by molar-refractivity contribution is 14.0. The summed E-state index contributed by atoms with van der Waals surface area (Å²) in [4.78, 5) is 4.59. The first kappa shape index (κ1) is 21.3. The summed E-state index contributed by atoms with van der Waals surface area (Å²) in [5, 5.41) is 16.2. The number of aromatic hydroxyl groups is 1. The van der Waals surface area contributed by atoms with E-state index < -0.39 is 0 Å². The second-order valence-corrected chi connectivity index (χ2v) is 6.06. The highest BCUT2D eigenvalue weighted by atomic mass is 127. The van der Waals surface area contributed by atoms with Gasteiger partial charge in [0.1, 0.15) is 5.75 Å². The van der Waals surface area contributed by atoms with Crippen molar-refractivity contribution >= 4 is 29.9 Å². The lowest BCUT2D eigenvalue weighted by molar-refractivity contribution is 0.474. The van der Waals surface area contributed by atoms with Crippen molar-refractivity contribution in [1.82, 2.24) is 10.6 Å². The number of rotatable bonds is 6. The zero-order valence-electron chi connectivity index (χ0n) is 15.1. The summed E-state index contributed by atoms with van der Waals surface area (Å²) >= 11 is 0. The molecule has 4 nitrogen and oxygen atoms in total. The summed E-state index contributed by atoms with van der Waals surface area (Å²) in [6, 6.07) is 15.8. The molecule has 1 unspecified atom stereocenters. The normalized spacial score (nSPS) is 12.2. The molecule has 0 fully saturated rings. The van der Waals surface area contributed by atoms with E-state index in [4.69, 9.17) is 0 Å². The molecule has 2 aromatic carbocycles. The Morgan fingerprint density at radius 3 is 2.48 bits per heavy atom. The maximum absolute atomic E-state index is 9.52. The quantitative estimate of drug-likeness (QED) is 0.350. The van der Waals surface area contributed by atoms with Gasteiger partial charge in [0.15, 0.2) is 5.96 Å². The molecule has 0 aliphatic carbocycles. The second-order valence-electron chi connectivity index (χ2n) is 6.06. The van der Waals surface area contributed by atoms with Crippen LogP contribution in [0.15, 0.2) is 53.5 Å². The minimum atomic E-state index is 0. The van der Waals surface area contributed by atoms with Crippen molar-refractivity contribution in [2.24, 2.45) is 4.99 Å². The average molecular weight is 453 g/mol. The zero-order valence-corrected chi connectivity index (χ0v) is 17.5. The van der Waals surface area contributed by atoms with E-state index in [-0.39, 0.29) is 29.7 Å². The lowest BCUT2D eigenvalue weighted by Gasteiger charge is -2.16. The fraction of sp³-hybridized carbons (Fsp3) is 0.350. The molecule has 0 bridgehead atoms. The molecule has 0 saturated carbocycles. The Morgan fingerprint density at radius 2 is 1.84 bits per heavy atom. The molecule has 0 saturated heterocycles. The number of halogens is 1. The van der Waals surface area contributed by atoms with Crippen molar-refractivity contribution in [3.05, 3.63) is 65.2 Å². The summed E-state index contributed by atoms with van der Waals surface area (Å²) in [7, 11) is 0. The summed E-state index contributed by atoms with van der Waals surface area (Å²) in [5.74, 6) is 1.46. The standard InChI is InChI=1S/C20H27N3O.HI/c1-4-21-20(23-14-17-6-5-7-19(24)12-17)22-13-16(3)18-10-8-15(2)9-11-18;/h5-12,16,24H,4,13-14H2,1-3H3,(H2,21,22,23);1H. The van der Waals surface area contributed by atoms with Crippen LogP contribution in [0.4, 0.5) is 0 Å². The first-order valence-electron chi connectivity index (χ1n) is 8.45. The van der Waals surface area contributed by atoms with Gasteiger partial charge in [0, 0.05) is 13.1 Å². The molecular weight excluding hydrogens is 425 g/mol. The molecule has 5 heteroatoms. The highest BCUT2D eigenvalue weighted by Crippen LogP contribution is 2.15. The summed E-state index contributed by atoms with van der Waals surface area (Å²) < 4.78 is 0. The first-order chi connectivity index (χ1) is 11.6. The van der Waals surface area contributed by atoms with Crippen LogP contribution < -0.4 is 10.6 Å². The number of phenols is 1. The number of guanidine groups is 1. The lowest BCUT2D eigenvalue weighted by Crippen LogP contribution is -2.39. The second kappa shape index (κ2) is 11.0. The van der Waals surface area contributed by atoms with Gasteiger partial charge in [0.2, 0.25) is 0 Å². The molecule has 25 heavy (non-hydrogen) atoms. The summed E-state index contributed by atoms with van der Waals surface area (Å²) in [6.07, 6.45) is 0. The highest BCUT2D eigenvalue weighted by Gasteiger charge is 2.06. The Hall–Kier alpha value is -1.76. The maximum atomic E-state index is 9.52. The molecule has 0 aliphatic rings. The van der Waals surface area contributed by atoms with E-state index in [1.54, 1.807) is 12.1 Å². The van der Waals surface area contributed by atoms with Crippen molar-refractivity contribution < 1.29 is 5.11 Å². The topological polar surface area (TPSA) is 56.7 Å². The fourth-order valence-corrected chi connectivity index (χ4v) is 2.43. The van der Waals surface area contributed by atoms with Gasteiger partial charge in [-0.05, 0) is 43.0 Å². The molecule has 0 aromatic heterocycles. The van der Waals surface area contributed by atoms with Crippen LogP contribution in [0.2, 0.25) is 0 Å². The Balaban J connectivity index is 0.00000312. The minimum Gasteiger partial charge on any atom is -0.508 e. The van der Waals surface area contributed by atoms with Gasteiger partial charge in [-0.25, -0.2) is 4.99 Å². The first-order valence-corrected chi connectivity index (χ1v) is 8.45. The van der Waals surface area contributed by atoms with Crippen LogP contribution in [0.3, 0.4) is 0 Å². The third-order valence-corrected chi connectivity index (χ3v) is 3.90. The molecule has 1 atom stereocenters. The number of hydrogen-bond acceptors (Lipinski definition) is 2. The largest absolute Gasteiger partial charge is 0.508 e. The van der Waals surface area contributed by atoms with E-state index in [0.29, 0.717) is 12.5 Å². The SMILES string of the molecule is CCNC(=NCc1cccc(O)c1)NCC(C)c1ccc(C)cc1.I. The molecule has 3 N–H and O–H groups in total. The molecule has 0 amide bonds. The van der Waals surface area contributed by atoms with Gasteiger partial charge in [-0.15, -0.1) is 24.0 Å². The lowest BCUT2D eigenvalue weighted by atomic mass is 10.0. The number of aryl methyl sites for hydroxylation is 1. The number of hydrogen-bond donors (Lipinski definition) is 3. The third-order valence-electron chi connectivity index (χ3n) is 3.90. The van der Waals surface area contributed by atoms with Crippen LogP contribution >= 0.6 is 24.0 Å². The van der Waals surface area contributed by atoms with Gasteiger partial charge in [0.25, 0.3) is 0 Å². The van der Waals surface area contributed by atoms with Crippen LogP contribution in [0.5, 0.6) is 5.75 Å². The van der Waals surface area contributed by atoms with Crippen LogP contribution in [-0.4, -0.2) is 24.2 Å². The Labute approximate surface area is 167 Å². The van der Waals surface area contributed by atoms with Crippen molar-refractivity contribution in [1.29, 1.82) is 0 Å². The van der Waals surface area contributed by atoms with E-state index in [9.17, 15) is 5.11 Å². The van der Waals surface area contributed by atoms with Gasteiger partial charge in [0.05, 0.1) is 6.54 Å². The monoisotopic (exact) mass is 453 g/mol. The third kappa shape index (κ3) is 7.34. The molecular formula is C20H28IN3O. The van der Waals surface area contributed by atoms with E-state index in [1.807, 2.05) is 12.1 Å². The molecule has 2 rings (SSSR count). The predicted octanol–water partition coefficient (Wildman–Crippen LogP) is 4.18. The Morgan fingerprint density at radius 1 is 1.12 bits per heavy atom. The van der Waals surface area contributed by atoms with Crippen molar-refractivity contribution in [2.45, 2.75) is 33.2 Å². The van der Waals surface area contributed by atoms with Crippen LogP contribution in [0.1, 0.15) is 36.5 Å². The Kier molecular flexibility index (Phi) is 9.34. The number of benzene rings is 2. The average Bonchev–Trinajstić information content (AvgIpc) is 2.58. The predicted molar refractivity (Wildman–Crippen MR) is 116 cm³/mol. The minimum absolute atomic E-state index is 0. The molecule has 2 aromatic rings. The molecule has 0 spiro atoms.